The van der Waals surface area contributed by atoms with Gasteiger partial charge < -0.3 is 14.1 Å². The van der Waals surface area contributed by atoms with Gasteiger partial charge in [-0.1, -0.05) is 51.1 Å². The van der Waals surface area contributed by atoms with E-state index >= 15 is 0 Å². The number of hydrogen-bond donors (Lipinski definition) is 0. The van der Waals surface area contributed by atoms with Crippen LogP contribution in [0.5, 0.6) is 5.75 Å². The zero-order chi connectivity index (χ0) is 20.6. The van der Waals surface area contributed by atoms with Crippen molar-refractivity contribution < 1.29 is 13.9 Å². The Morgan fingerprint density at radius 2 is 1.79 bits per heavy atom. The van der Waals surface area contributed by atoms with Crippen LogP contribution in [0.1, 0.15) is 55.1 Å². The largest absolute Gasteiger partial charge is 0.486 e. The van der Waals surface area contributed by atoms with Crippen LogP contribution in [-0.4, -0.2) is 11.9 Å². The molecule has 0 aliphatic carbocycles. The van der Waals surface area contributed by atoms with Gasteiger partial charge in [0.15, 0.2) is 5.76 Å². The van der Waals surface area contributed by atoms with Crippen LogP contribution in [0.25, 0.3) is 0 Å². The maximum absolute atomic E-state index is 13.0. The number of fused-ring (bicyclic) bond motifs is 1. The highest BCUT2D eigenvalue weighted by atomic mass is 16.5. The van der Waals surface area contributed by atoms with Gasteiger partial charge in [0, 0.05) is 11.7 Å². The first-order chi connectivity index (χ1) is 13.8. The van der Waals surface area contributed by atoms with E-state index in [2.05, 4.69) is 45.9 Å². The molecule has 0 radical (unpaired) electrons. The molecule has 2 heterocycles. The fraction of sp³-hybridized carbons (Fsp3) is 0.320. The first-order valence-electron chi connectivity index (χ1n) is 10.1. The number of hydrogen-bond acceptors (Lipinski definition) is 3. The lowest BCUT2D eigenvalue weighted by molar-refractivity contribution is 0.0950. The second-order valence-corrected chi connectivity index (χ2v) is 8.69. The number of anilines is 1. The molecule has 150 valence electrons. The SMILES string of the molecule is C[C@H]1Cc2ccccc2N1C(=O)c1ccc(COc2ccc(C(C)(C)C)cc2)o1. The van der Waals surface area contributed by atoms with Gasteiger partial charge in [0.05, 0.1) is 0 Å². The number of carbonyl (C=O) groups excluding carboxylic acids is 1. The number of furan rings is 1. The summed E-state index contributed by atoms with van der Waals surface area (Å²) >= 11 is 0. The van der Waals surface area contributed by atoms with E-state index in [-0.39, 0.29) is 24.0 Å². The van der Waals surface area contributed by atoms with Crippen LogP contribution >= 0.6 is 0 Å². The van der Waals surface area contributed by atoms with Crippen LogP contribution in [-0.2, 0) is 18.4 Å². The standard InChI is InChI=1S/C25H27NO3/c1-17-15-18-7-5-6-8-22(18)26(17)24(27)23-14-13-21(29-23)16-28-20-11-9-19(10-12-20)25(2,3)4/h5-14,17H,15-16H2,1-4H3/t17-/m0/s1. The Bertz CT molecular complexity index is 1010. The van der Waals surface area contributed by atoms with Crippen molar-refractivity contribution in [3.8, 4) is 5.75 Å². The maximum atomic E-state index is 13.0. The highest BCUT2D eigenvalue weighted by Gasteiger charge is 2.32. The molecule has 0 spiro atoms. The second-order valence-electron chi connectivity index (χ2n) is 8.69. The Morgan fingerprint density at radius 3 is 2.52 bits per heavy atom. The van der Waals surface area contributed by atoms with Gasteiger partial charge in [-0.25, -0.2) is 0 Å². The zero-order valence-electron chi connectivity index (χ0n) is 17.4. The minimum atomic E-state index is -0.108. The van der Waals surface area contributed by atoms with Crippen LogP contribution in [0.3, 0.4) is 0 Å². The normalized spacial score (nSPS) is 16.0. The highest BCUT2D eigenvalue weighted by Crippen LogP contribution is 2.33. The second kappa shape index (κ2) is 7.43. The van der Waals surface area contributed by atoms with Crippen molar-refractivity contribution in [3.63, 3.8) is 0 Å². The average Bonchev–Trinajstić information content (AvgIpc) is 3.29. The van der Waals surface area contributed by atoms with Gasteiger partial charge in [-0.15, -0.1) is 0 Å². The first-order valence-corrected chi connectivity index (χ1v) is 10.1. The number of benzene rings is 2. The molecule has 0 unspecified atom stereocenters. The third-order valence-corrected chi connectivity index (χ3v) is 5.40. The van der Waals surface area contributed by atoms with E-state index in [1.54, 1.807) is 6.07 Å². The van der Waals surface area contributed by atoms with E-state index in [0.717, 1.165) is 17.9 Å². The lowest BCUT2D eigenvalue weighted by Gasteiger charge is -2.21. The Labute approximate surface area is 172 Å². The molecule has 0 fully saturated rings. The summed E-state index contributed by atoms with van der Waals surface area (Å²) < 4.78 is 11.6. The van der Waals surface area contributed by atoms with Crippen LogP contribution < -0.4 is 9.64 Å². The van der Waals surface area contributed by atoms with Crippen molar-refractivity contribution in [1.29, 1.82) is 0 Å². The fourth-order valence-corrected chi connectivity index (χ4v) is 3.77. The number of nitrogens with zero attached hydrogens (tertiary/aromatic N) is 1. The topological polar surface area (TPSA) is 42.7 Å². The Balaban J connectivity index is 1.43. The molecule has 4 rings (SSSR count). The Hall–Kier alpha value is -3.01. The summed E-state index contributed by atoms with van der Waals surface area (Å²) in [5.41, 5.74) is 3.54. The summed E-state index contributed by atoms with van der Waals surface area (Å²) in [6.45, 7) is 8.90. The molecule has 1 aromatic heterocycles. The predicted octanol–water partition coefficient (Wildman–Crippen LogP) is 5.75. The molecular formula is C25H27NO3. The summed E-state index contributed by atoms with van der Waals surface area (Å²) in [5.74, 6) is 1.65. The number of ether oxygens (including phenoxy) is 1. The quantitative estimate of drug-likeness (QED) is 0.571. The van der Waals surface area contributed by atoms with Crippen molar-refractivity contribution in [1.82, 2.24) is 0 Å². The van der Waals surface area contributed by atoms with Crippen molar-refractivity contribution in [2.24, 2.45) is 0 Å². The number of rotatable bonds is 4. The molecule has 1 amide bonds. The molecule has 3 aromatic rings. The molecule has 1 aliphatic rings. The van der Waals surface area contributed by atoms with Crippen molar-refractivity contribution >= 4 is 11.6 Å². The van der Waals surface area contributed by atoms with Crippen LogP contribution in [0.15, 0.2) is 65.1 Å². The molecule has 2 aromatic carbocycles. The molecule has 29 heavy (non-hydrogen) atoms. The van der Waals surface area contributed by atoms with Gasteiger partial charge in [0.25, 0.3) is 5.91 Å². The van der Waals surface area contributed by atoms with Gasteiger partial charge in [0.2, 0.25) is 0 Å². The van der Waals surface area contributed by atoms with Crippen LogP contribution in [0.2, 0.25) is 0 Å². The Morgan fingerprint density at radius 1 is 1.07 bits per heavy atom. The van der Waals surface area contributed by atoms with Crippen LogP contribution in [0.4, 0.5) is 5.69 Å². The maximum Gasteiger partial charge on any atom is 0.294 e. The van der Waals surface area contributed by atoms with E-state index in [0.29, 0.717) is 11.5 Å². The van der Waals surface area contributed by atoms with Gasteiger partial charge in [0.1, 0.15) is 18.1 Å². The first kappa shape index (κ1) is 19.3. The van der Waals surface area contributed by atoms with Crippen molar-refractivity contribution in [3.05, 3.63) is 83.3 Å². The van der Waals surface area contributed by atoms with E-state index < -0.39 is 0 Å². The van der Waals surface area contributed by atoms with Gasteiger partial charge in [-0.2, -0.15) is 0 Å². The van der Waals surface area contributed by atoms with E-state index in [4.69, 9.17) is 9.15 Å². The van der Waals surface area contributed by atoms with Gasteiger partial charge >= 0.3 is 0 Å². The van der Waals surface area contributed by atoms with Gasteiger partial charge in [-0.05, 0) is 60.2 Å². The third-order valence-electron chi connectivity index (χ3n) is 5.40. The summed E-state index contributed by atoms with van der Waals surface area (Å²) in [5, 5.41) is 0. The molecule has 0 N–H and O–H groups in total. The van der Waals surface area contributed by atoms with Crippen molar-refractivity contribution in [2.75, 3.05) is 4.90 Å². The lowest BCUT2D eigenvalue weighted by Crippen LogP contribution is -2.35. The number of carbonyl (C=O) groups is 1. The predicted molar refractivity (Wildman–Crippen MR) is 115 cm³/mol. The molecule has 0 bridgehead atoms. The molecule has 4 nitrogen and oxygen atoms in total. The monoisotopic (exact) mass is 389 g/mol. The van der Waals surface area contributed by atoms with Crippen molar-refractivity contribution in [2.45, 2.75) is 52.2 Å². The molecule has 0 saturated heterocycles. The van der Waals surface area contributed by atoms with Gasteiger partial charge in [-0.3, -0.25) is 4.79 Å². The minimum Gasteiger partial charge on any atom is -0.486 e. The fourth-order valence-electron chi connectivity index (χ4n) is 3.77. The van der Waals surface area contributed by atoms with E-state index in [1.807, 2.05) is 41.3 Å². The third kappa shape index (κ3) is 3.93. The van der Waals surface area contributed by atoms with E-state index in [1.165, 1.54) is 11.1 Å². The molecular weight excluding hydrogens is 362 g/mol. The number of amides is 1. The zero-order valence-corrected chi connectivity index (χ0v) is 17.4. The molecule has 1 atom stereocenters. The number of para-hydroxylation sites is 1. The minimum absolute atomic E-state index is 0.108. The average molecular weight is 389 g/mol. The summed E-state index contributed by atoms with van der Waals surface area (Å²) in [6.07, 6.45) is 0.864. The molecule has 0 saturated carbocycles. The molecule has 1 aliphatic heterocycles. The van der Waals surface area contributed by atoms with E-state index in [9.17, 15) is 4.79 Å². The Kier molecular flexibility index (Phi) is 4.95. The summed E-state index contributed by atoms with van der Waals surface area (Å²) in [7, 11) is 0. The summed E-state index contributed by atoms with van der Waals surface area (Å²) in [6, 6.07) is 19.8. The summed E-state index contributed by atoms with van der Waals surface area (Å²) in [4.78, 5) is 14.9. The molecule has 4 heteroatoms. The lowest BCUT2D eigenvalue weighted by atomic mass is 9.87. The van der Waals surface area contributed by atoms with Crippen LogP contribution in [0, 0.1) is 0 Å². The highest BCUT2D eigenvalue weighted by molar-refractivity contribution is 6.06. The smallest absolute Gasteiger partial charge is 0.294 e.